The van der Waals surface area contributed by atoms with Gasteiger partial charge in [-0.05, 0) is 117 Å². The van der Waals surface area contributed by atoms with E-state index in [-0.39, 0.29) is 109 Å². The highest BCUT2D eigenvalue weighted by molar-refractivity contribution is 7.75. The predicted molar refractivity (Wildman–Crippen MR) is 479 cm³/mol. The maximum Gasteiger partial charge on any atom is 0.317 e. The number of hydrogen-bond acceptors (Lipinski definition) is 20. The second-order valence-electron chi connectivity index (χ2n) is 33.3. The first-order valence-corrected chi connectivity index (χ1v) is 50.9. The normalized spacial score (nSPS) is 14.1. The van der Waals surface area contributed by atoms with E-state index in [9.17, 15) is 38.4 Å². The molecule has 20 nitrogen and oxygen atoms in total. The number of rotatable bonds is 43. The predicted octanol–water partition coefficient (Wildman–Crippen LogP) is 19.3. The highest BCUT2D eigenvalue weighted by Gasteiger charge is 2.42. The van der Waals surface area contributed by atoms with Gasteiger partial charge in [-0.1, -0.05) is 124 Å². The number of methoxy groups -OCH3 is 4. The molecule has 4 atom stereocenters. The molecule has 1 aliphatic rings. The maximum atomic E-state index is 12.6. The standard InChI is InChI=1S/C24H38O5P.3C21H34O5P.4CH3/c1-19(25)29-18-24(2,17-27-3)23(26)28-15-20-11-13-21(14-12-20)16-30(4,5)22-9-7-6-8-10-22;3*1-7-12-27(5,6)14-19-10-8-18(9-11-19)13-25-20(23)21(3,15-24-4)16-26-17(2)22;;;;/h11-14,22H,6-10,15-18H2,1-5H3;3*8-11H,7,12-16H2,1-6H3;4*1H3/q4*+1;4*-1. The topological polar surface area (TPSA) is 247 Å². The fourth-order valence-corrected chi connectivity index (χ4v) is 24.0. The molecular weight excluding hydrogens is 1540 g/mol. The molecule has 0 spiro atoms. The van der Waals surface area contributed by atoms with Gasteiger partial charge < -0.3 is 86.5 Å². The second-order valence-corrected chi connectivity index (χ2v) is 51.9. The lowest BCUT2D eigenvalue weighted by atomic mass is 9.93. The molecular formula is C91H152O20P4. The van der Waals surface area contributed by atoms with Crippen LogP contribution in [0, 0.1) is 51.4 Å². The van der Waals surface area contributed by atoms with Gasteiger partial charge >= 0.3 is 47.8 Å². The zero-order chi connectivity index (χ0) is 83.7. The first-order chi connectivity index (χ1) is 52.0. The van der Waals surface area contributed by atoms with Crippen molar-refractivity contribution >= 4 is 76.8 Å². The summed E-state index contributed by atoms with van der Waals surface area (Å²) in [5.41, 5.74) is 5.95. The SMILES string of the molecule is CCC[P+](C)(C)Cc1ccc(COC(=O)C(C)(COC)COC(C)=O)cc1.CCC[P+](C)(C)Cc1ccc(COC(=O)C(C)(COC)COC(C)=O)cc1.CCC[P+](C)(C)Cc1ccc(COC(=O)C(C)(COC)COC(C)=O)cc1.COCC(C)(COC(C)=O)C(=O)OCc1ccc(C[P+](C)(C)C2CCCCC2)cc1.[CH3-].[CH3-].[CH3-].[CH3-]. The van der Waals surface area contributed by atoms with Gasteiger partial charge in [0.2, 0.25) is 0 Å². The Bertz CT molecular complexity index is 3170. The molecule has 0 amide bonds. The molecule has 0 aliphatic heterocycles. The first-order valence-electron chi connectivity index (χ1n) is 38.8. The summed E-state index contributed by atoms with van der Waals surface area (Å²) < 4.78 is 62.3. The third kappa shape index (κ3) is 45.3. The molecule has 1 fully saturated rings. The number of esters is 8. The van der Waals surface area contributed by atoms with E-state index in [4.69, 9.17) is 56.8 Å². The lowest BCUT2D eigenvalue weighted by Crippen LogP contribution is -2.39. The largest absolute Gasteiger partial charge is 0.465 e. The summed E-state index contributed by atoms with van der Waals surface area (Å²) in [5, 5.41) is 0. The van der Waals surface area contributed by atoms with E-state index in [1.807, 2.05) is 48.5 Å². The highest BCUT2D eigenvalue weighted by atomic mass is 31.2. The Labute approximate surface area is 698 Å². The molecule has 1 saturated carbocycles. The van der Waals surface area contributed by atoms with Crippen LogP contribution in [0.4, 0.5) is 0 Å². The minimum Gasteiger partial charge on any atom is -0.465 e. The van der Waals surface area contributed by atoms with Gasteiger partial charge in [-0.2, -0.15) is 0 Å². The molecule has 1 aliphatic carbocycles. The maximum absolute atomic E-state index is 12.6. The van der Waals surface area contributed by atoms with Crippen LogP contribution >= 0.6 is 29.0 Å². The van der Waals surface area contributed by atoms with Crippen LogP contribution in [0.15, 0.2) is 97.1 Å². The van der Waals surface area contributed by atoms with Gasteiger partial charge in [-0.3, -0.25) is 38.4 Å². The molecule has 656 valence electrons. The smallest absolute Gasteiger partial charge is 0.317 e. The number of carbonyl (C=O) groups is 8. The van der Waals surface area contributed by atoms with Crippen LogP contribution in [0.2, 0.25) is 0 Å². The van der Waals surface area contributed by atoms with Crippen molar-refractivity contribution in [3.05, 3.63) is 171 Å². The zero-order valence-corrected chi connectivity index (χ0v) is 79.4. The Hall–Kier alpha value is -5.80. The average molecular weight is 1690 g/mol. The van der Waals surface area contributed by atoms with Gasteiger partial charge in [0.1, 0.15) is 74.5 Å². The van der Waals surface area contributed by atoms with Crippen molar-refractivity contribution in [2.75, 3.05) is 153 Å². The van der Waals surface area contributed by atoms with Gasteiger partial charge in [0, 0.05) is 139 Å². The van der Waals surface area contributed by atoms with Crippen LogP contribution in [-0.2, 0) is 146 Å². The minimum atomic E-state index is -1.02. The molecule has 0 saturated heterocycles. The molecule has 4 aromatic carbocycles. The minimum absolute atomic E-state index is 0. The Morgan fingerprint density at radius 2 is 0.496 bits per heavy atom. The molecule has 115 heavy (non-hydrogen) atoms. The summed E-state index contributed by atoms with van der Waals surface area (Å²) >= 11 is 0. The summed E-state index contributed by atoms with van der Waals surface area (Å²) in [6.07, 6.45) is 19.1. The summed E-state index contributed by atoms with van der Waals surface area (Å²) in [6, 6.07) is 33.2. The van der Waals surface area contributed by atoms with Crippen LogP contribution in [0.3, 0.4) is 0 Å². The third-order valence-electron chi connectivity index (χ3n) is 19.2. The van der Waals surface area contributed by atoms with Crippen LogP contribution in [0.25, 0.3) is 0 Å². The number of ether oxygens (including phenoxy) is 12. The van der Waals surface area contributed by atoms with Gasteiger partial charge in [0.05, 0.1) is 75.2 Å². The molecule has 4 unspecified atom stereocenters. The van der Waals surface area contributed by atoms with Gasteiger partial charge in [-0.25, -0.2) is 0 Å². The summed E-state index contributed by atoms with van der Waals surface area (Å²) in [4.78, 5) is 94.3. The lowest BCUT2D eigenvalue weighted by Gasteiger charge is -2.31. The average Bonchev–Trinajstić information content (AvgIpc) is 0.826. The Balaban J connectivity index is -0.00000144. The summed E-state index contributed by atoms with van der Waals surface area (Å²) in [7, 11) is 2.35. The van der Waals surface area contributed by atoms with Crippen molar-refractivity contribution in [2.45, 2.75) is 184 Å². The number of hydrogen-bond donors (Lipinski definition) is 0. The third-order valence-corrected chi connectivity index (χ3v) is 31.6. The monoisotopic (exact) mass is 1690 g/mol. The van der Waals surface area contributed by atoms with Crippen molar-refractivity contribution in [1.29, 1.82) is 0 Å². The Morgan fingerprint density at radius 1 is 0.304 bits per heavy atom. The van der Waals surface area contributed by atoms with E-state index < -0.39 is 98.5 Å². The van der Waals surface area contributed by atoms with Crippen molar-refractivity contribution in [2.24, 2.45) is 21.7 Å². The van der Waals surface area contributed by atoms with E-state index >= 15 is 0 Å². The van der Waals surface area contributed by atoms with Crippen LogP contribution in [-0.4, -0.2) is 207 Å². The van der Waals surface area contributed by atoms with Gasteiger partial charge in [0.25, 0.3) is 0 Å². The van der Waals surface area contributed by atoms with Gasteiger partial charge in [-0.15, -0.1) is 0 Å². The molecule has 0 radical (unpaired) electrons. The Kier molecular flexibility index (Phi) is 55.8. The van der Waals surface area contributed by atoms with Crippen molar-refractivity contribution in [3.8, 4) is 0 Å². The molecule has 0 N–H and O–H groups in total. The fourth-order valence-electron chi connectivity index (χ4n) is 13.1. The number of benzene rings is 4. The van der Waals surface area contributed by atoms with Gasteiger partial charge in [0.15, 0.2) is 0 Å². The summed E-state index contributed by atoms with van der Waals surface area (Å²) in [6.45, 7) is 39.0. The van der Waals surface area contributed by atoms with Crippen LogP contribution in [0.5, 0.6) is 0 Å². The summed E-state index contributed by atoms with van der Waals surface area (Å²) in [5.74, 6) is -3.49. The molecule has 0 aromatic heterocycles. The van der Waals surface area contributed by atoms with Crippen molar-refractivity contribution in [3.63, 3.8) is 0 Å². The van der Waals surface area contributed by atoms with Crippen molar-refractivity contribution < 1.29 is 95.2 Å². The van der Waals surface area contributed by atoms with E-state index in [2.05, 4.69) is 123 Å². The lowest BCUT2D eigenvalue weighted by molar-refractivity contribution is -0.168. The first kappa shape index (κ1) is 113. The van der Waals surface area contributed by atoms with Crippen molar-refractivity contribution in [1.82, 2.24) is 0 Å². The van der Waals surface area contributed by atoms with Crippen LogP contribution in [0.1, 0.15) is 172 Å². The highest BCUT2D eigenvalue weighted by Crippen LogP contribution is 2.63. The zero-order valence-electron chi connectivity index (χ0n) is 75.9. The van der Waals surface area contributed by atoms with E-state index in [0.717, 1.165) is 46.4 Å². The van der Waals surface area contributed by atoms with Crippen LogP contribution < -0.4 is 0 Å². The van der Waals surface area contributed by atoms with E-state index in [1.54, 1.807) is 27.7 Å². The molecule has 5 rings (SSSR count). The fraction of sp³-hybridized carbons (Fsp3) is 0.604. The quantitative estimate of drug-likeness (QED) is 0.0173. The molecule has 4 aromatic rings. The van der Waals surface area contributed by atoms with E-state index in [1.165, 1.54) is 154 Å². The molecule has 0 heterocycles. The number of carbonyl (C=O) groups excluding carboxylic acids is 8. The van der Waals surface area contributed by atoms with E-state index in [0.29, 0.717) is 0 Å². The molecule has 0 bridgehead atoms. The Morgan fingerprint density at radius 3 is 0.678 bits per heavy atom. The molecule has 24 heteroatoms. The second kappa shape index (κ2) is 56.6.